The number of phenolic OH excluding ortho intramolecular Hbond substituents is 1. The van der Waals surface area contributed by atoms with Gasteiger partial charge in [-0.15, -0.1) is 0 Å². The van der Waals surface area contributed by atoms with E-state index in [1.807, 2.05) is 22.6 Å². The van der Waals surface area contributed by atoms with Crippen molar-refractivity contribution >= 4 is 46.1 Å². The highest BCUT2D eigenvalue weighted by molar-refractivity contribution is 14.1. The number of benzene rings is 1. The minimum Gasteiger partial charge on any atom is -0.504 e. The Bertz CT molecular complexity index is 437. The molecule has 16 heavy (non-hydrogen) atoms. The van der Waals surface area contributed by atoms with Crippen LogP contribution in [0, 0.1) is 3.57 Å². The SMILES string of the molecule is COc1ccc(C=NNC(N)=S)c(I)c1O. The van der Waals surface area contributed by atoms with Crippen LogP contribution in [0.1, 0.15) is 5.56 Å². The van der Waals surface area contributed by atoms with Crippen LogP contribution in [-0.4, -0.2) is 23.5 Å². The van der Waals surface area contributed by atoms with Crippen LogP contribution in [0.15, 0.2) is 17.2 Å². The van der Waals surface area contributed by atoms with Gasteiger partial charge in [0.1, 0.15) is 0 Å². The Morgan fingerprint density at radius 1 is 1.69 bits per heavy atom. The van der Waals surface area contributed by atoms with Crippen molar-refractivity contribution in [2.75, 3.05) is 7.11 Å². The van der Waals surface area contributed by atoms with Crippen LogP contribution < -0.4 is 15.9 Å². The Balaban J connectivity index is 2.94. The number of nitrogens with zero attached hydrogens (tertiary/aromatic N) is 1. The minimum absolute atomic E-state index is 0.0855. The first-order chi connectivity index (χ1) is 7.56. The van der Waals surface area contributed by atoms with Crippen molar-refractivity contribution in [1.29, 1.82) is 0 Å². The van der Waals surface area contributed by atoms with Gasteiger partial charge in [-0.3, -0.25) is 5.43 Å². The zero-order valence-corrected chi connectivity index (χ0v) is 11.4. The van der Waals surface area contributed by atoms with Crippen LogP contribution in [0.2, 0.25) is 0 Å². The predicted octanol–water partition coefficient (Wildman–Crippen LogP) is 1.17. The summed E-state index contributed by atoms with van der Waals surface area (Å²) in [7, 11) is 1.49. The van der Waals surface area contributed by atoms with Crippen LogP contribution >= 0.6 is 34.8 Å². The van der Waals surface area contributed by atoms with E-state index in [9.17, 15) is 5.11 Å². The molecule has 1 rings (SSSR count). The average molecular weight is 351 g/mol. The normalized spacial score (nSPS) is 10.4. The monoisotopic (exact) mass is 351 g/mol. The van der Waals surface area contributed by atoms with E-state index in [1.165, 1.54) is 13.3 Å². The Hall–Kier alpha value is -1.09. The molecule has 0 unspecified atom stereocenters. The van der Waals surface area contributed by atoms with Crippen LogP contribution in [-0.2, 0) is 0 Å². The molecule has 0 aromatic heterocycles. The molecular formula is C9H10IN3O2S. The van der Waals surface area contributed by atoms with Gasteiger partial charge in [-0.05, 0) is 46.9 Å². The number of rotatable bonds is 3. The van der Waals surface area contributed by atoms with E-state index in [-0.39, 0.29) is 10.9 Å². The van der Waals surface area contributed by atoms with Gasteiger partial charge in [0.05, 0.1) is 16.9 Å². The number of thiocarbonyl (C=S) groups is 1. The summed E-state index contributed by atoms with van der Waals surface area (Å²) in [6, 6.07) is 3.42. The summed E-state index contributed by atoms with van der Waals surface area (Å²) in [6.45, 7) is 0. The molecule has 0 fully saturated rings. The highest BCUT2D eigenvalue weighted by atomic mass is 127. The third-order valence-electron chi connectivity index (χ3n) is 1.71. The van der Waals surface area contributed by atoms with Crippen LogP contribution in [0.4, 0.5) is 0 Å². The van der Waals surface area contributed by atoms with Crippen molar-refractivity contribution in [2.45, 2.75) is 0 Å². The molecule has 0 bridgehead atoms. The van der Waals surface area contributed by atoms with E-state index in [0.29, 0.717) is 9.32 Å². The fourth-order valence-corrected chi connectivity index (χ4v) is 1.63. The van der Waals surface area contributed by atoms with Crippen molar-refractivity contribution in [3.63, 3.8) is 0 Å². The van der Waals surface area contributed by atoms with Crippen molar-refractivity contribution in [3.05, 3.63) is 21.3 Å². The topological polar surface area (TPSA) is 79.9 Å². The molecule has 86 valence electrons. The molecule has 0 saturated carbocycles. The molecule has 0 atom stereocenters. The third kappa shape index (κ3) is 3.20. The second-order valence-electron chi connectivity index (χ2n) is 2.75. The van der Waals surface area contributed by atoms with Gasteiger partial charge >= 0.3 is 0 Å². The summed E-state index contributed by atoms with van der Waals surface area (Å²) >= 11 is 6.59. The fourth-order valence-electron chi connectivity index (χ4n) is 0.992. The number of phenols is 1. The van der Waals surface area contributed by atoms with Gasteiger partial charge in [0, 0.05) is 5.56 Å². The Labute approximate surface area is 112 Å². The summed E-state index contributed by atoms with van der Waals surface area (Å²) in [5, 5.41) is 13.6. The van der Waals surface area contributed by atoms with Gasteiger partial charge in [-0.2, -0.15) is 5.10 Å². The predicted molar refractivity (Wildman–Crippen MR) is 74.9 cm³/mol. The average Bonchev–Trinajstić information content (AvgIpc) is 2.24. The molecule has 0 amide bonds. The molecule has 0 heterocycles. The molecule has 0 spiro atoms. The second kappa shape index (κ2) is 5.85. The van der Waals surface area contributed by atoms with Crippen LogP contribution in [0.25, 0.3) is 0 Å². The van der Waals surface area contributed by atoms with Crippen molar-refractivity contribution in [1.82, 2.24) is 5.43 Å². The Morgan fingerprint density at radius 2 is 2.38 bits per heavy atom. The number of aromatic hydroxyl groups is 1. The lowest BCUT2D eigenvalue weighted by Crippen LogP contribution is -2.24. The number of hydrogen-bond acceptors (Lipinski definition) is 4. The molecule has 0 aliphatic carbocycles. The number of halogens is 1. The highest BCUT2D eigenvalue weighted by Crippen LogP contribution is 2.32. The van der Waals surface area contributed by atoms with Crippen molar-refractivity contribution in [3.8, 4) is 11.5 Å². The number of hydrogen-bond donors (Lipinski definition) is 3. The number of ether oxygens (including phenoxy) is 1. The quantitative estimate of drug-likeness (QED) is 0.330. The molecular weight excluding hydrogens is 341 g/mol. The second-order valence-corrected chi connectivity index (χ2v) is 4.27. The molecule has 1 aromatic rings. The lowest BCUT2D eigenvalue weighted by atomic mass is 10.2. The van der Waals surface area contributed by atoms with E-state index >= 15 is 0 Å². The van der Waals surface area contributed by atoms with Gasteiger partial charge in [0.25, 0.3) is 0 Å². The maximum absolute atomic E-state index is 9.72. The summed E-state index contributed by atoms with van der Waals surface area (Å²) < 4.78 is 5.61. The lowest BCUT2D eigenvalue weighted by Gasteiger charge is -2.06. The smallest absolute Gasteiger partial charge is 0.184 e. The minimum atomic E-state index is 0.0855. The highest BCUT2D eigenvalue weighted by Gasteiger charge is 2.08. The molecule has 0 saturated heterocycles. The van der Waals surface area contributed by atoms with E-state index < -0.39 is 0 Å². The third-order valence-corrected chi connectivity index (χ3v) is 2.93. The number of hydrazone groups is 1. The standard InChI is InChI=1S/C9H10IN3O2S/c1-15-6-3-2-5(7(10)8(6)14)4-12-13-9(11)16/h2-4,14H,1H3,(H3,11,13,16). The largest absolute Gasteiger partial charge is 0.504 e. The first kappa shape index (κ1) is 13.0. The zero-order chi connectivity index (χ0) is 12.1. The molecule has 7 heteroatoms. The maximum Gasteiger partial charge on any atom is 0.184 e. The molecule has 4 N–H and O–H groups in total. The fraction of sp³-hybridized carbons (Fsp3) is 0.111. The van der Waals surface area contributed by atoms with E-state index in [1.54, 1.807) is 12.1 Å². The van der Waals surface area contributed by atoms with Crippen LogP contribution in [0.5, 0.6) is 11.5 Å². The molecule has 5 nitrogen and oxygen atoms in total. The lowest BCUT2D eigenvalue weighted by molar-refractivity contribution is 0.371. The molecule has 0 radical (unpaired) electrons. The van der Waals surface area contributed by atoms with Gasteiger partial charge in [0.15, 0.2) is 16.6 Å². The Kier molecular flexibility index (Phi) is 4.74. The summed E-state index contributed by atoms with van der Waals surface area (Å²) in [5.41, 5.74) is 8.38. The van der Waals surface area contributed by atoms with Gasteiger partial charge < -0.3 is 15.6 Å². The number of methoxy groups -OCH3 is 1. The van der Waals surface area contributed by atoms with Gasteiger partial charge in [0.2, 0.25) is 0 Å². The summed E-state index contributed by atoms with van der Waals surface area (Å²) in [6.07, 6.45) is 1.51. The molecule has 0 aliphatic heterocycles. The first-order valence-corrected chi connectivity index (χ1v) is 5.69. The number of nitrogens with two attached hydrogens (primary N) is 1. The van der Waals surface area contributed by atoms with Crippen molar-refractivity contribution < 1.29 is 9.84 Å². The van der Waals surface area contributed by atoms with Gasteiger partial charge in [-0.1, -0.05) is 0 Å². The first-order valence-electron chi connectivity index (χ1n) is 4.20. The van der Waals surface area contributed by atoms with Crippen LogP contribution in [0.3, 0.4) is 0 Å². The molecule has 0 aliphatic rings. The van der Waals surface area contributed by atoms with E-state index in [2.05, 4.69) is 22.7 Å². The summed E-state index contributed by atoms with van der Waals surface area (Å²) in [4.78, 5) is 0. The summed E-state index contributed by atoms with van der Waals surface area (Å²) in [5.74, 6) is 0.506. The van der Waals surface area contributed by atoms with E-state index in [4.69, 9.17) is 10.5 Å². The Morgan fingerprint density at radius 3 is 2.94 bits per heavy atom. The van der Waals surface area contributed by atoms with Crippen molar-refractivity contribution in [2.24, 2.45) is 10.8 Å². The number of nitrogens with one attached hydrogen (secondary N) is 1. The van der Waals surface area contributed by atoms with E-state index in [0.717, 1.165) is 5.56 Å². The van der Waals surface area contributed by atoms with Gasteiger partial charge in [-0.25, -0.2) is 0 Å². The molecule has 1 aromatic carbocycles. The maximum atomic E-state index is 9.72. The zero-order valence-electron chi connectivity index (χ0n) is 8.40.